The Hall–Kier alpha value is -4.14. The van der Waals surface area contributed by atoms with Crippen molar-refractivity contribution in [1.29, 1.82) is 0 Å². The van der Waals surface area contributed by atoms with Crippen molar-refractivity contribution in [2.24, 2.45) is 5.92 Å². The van der Waals surface area contributed by atoms with Crippen LogP contribution in [0.3, 0.4) is 0 Å². The topological polar surface area (TPSA) is 107 Å². The number of rotatable bonds is 7. The second-order valence-electron chi connectivity index (χ2n) is 10.9. The standard InChI is InChI=1S/C31H37N3O6/c1-6-38-29(36)25-15-16-34(30(37)40-31(3,4)5)18-27(25)33-28(35)21-11-13-23(14-12-21)39-19-22-17-20(2)32-26-10-8-7-9-24(22)26/h7-14,17,25,27H,6,15-16,18-19H2,1-5H3,(H,33,35)/t25-,27+/m0/s1. The van der Waals surface area contributed by atoms with E-state index < -0.39 is 23.7 Å². The molecule has 0 aliphatic carbocycles. The molecule has 1 N–H and O–H groups in total. The molecule has 2 amide bonds. The first-order chi connectivity index (χ1) is 19.0. The van der Waals surface area contributed by atoms with Gasteiger partial charge in [-0.05, 0) is 77.4 Å². The van der Waals surface area contributed by atoms with Crippen LogP contribution in [-0.4, -0.2) is 59.2 Å². The number of aromatic nitrogens is 1. The van der Waals surface area contributed by atoms with Crippen molar-refractivity contribution < 1.29 is 28.6 Å². The van der Waals surface area contributed by atoms with Crippen LogP contribution < -0.4 is 10.1 Å². The van der Waals surface area contributed by atoms with Crippen LogP contribution in [0.5, 0.6) is 5.75 Å². The van der Waals surface area contributed by atoms with Gasteiger partial charge in [0.2, 0.25) is 0 Å². The van der Waals surface area contributed by atoms with Crippen molar-refractivity contribution >= 4 is 28.9 Å². The van der Waals surface area contributed by atoms with Gasteiger partial charge < -0.3 is 24.4 Å². The molecule has 0 unspecified atom stereocenters. The Morgan fingerprint density at radius 2 is 1.80 bits per heavy atom. The molecular weight excluding hydrogens is 510 g/mol. The molecule has 0 spiro atoms. The van der Waals surface area contributed by atoms with Crippen LogP contribution in [0.15, 0.2) is 54.6 Å². The van der Waals surface area contributed by atoms with E-state index in [-0.39, 0.29) is 25.0 Å². The third-order valence-corrected chi connectivity index (χ3v) is 6.61. The van der Waals surface area contributed by atoms with Gasteiger partial charge in [0.05, 0.1) is 24.1 Å². The van der Waals surface area contributed by atoms with Crippen molar-refractivity contribution in [3.8, 4) is 5.75 Å². The molecule has 1 aromatic heterocycles. The number of nitrogens with zero attached hydrogens (tertiary/aromatic N) is 2. The van der Waals surface area contributed by atoms with Crippen LogP contribution in [0.1, 0.15) is 55.7 Å². The zero-order valence-corrected chi connectivity index (χ0v) is 23.7. The third kappa shape index (κ3) is 7.28. The number of amides is 2. The number of likely N-dealkylation sites (tertiary alicyclic amines) is 1. The average Bonchev–Trinajstić information content (AvgIpc) is 2.91. The summed E-state index contributed by atoms with van der Waals surface area (Å²) in [6.07, 6.45) is -0.119. The van der Waals surface area contributed by atoms with Gasteiger partial charge in [-0.3, -0.25) is 14.6 Å². The fourth-order valence-electron chi connectivity index (χ4n) is 4.75. The number of esters is 1. The number of piperidine rings is 1. The smallest absolute Gasteiger partial charge is 0.410 e. The Bertz CT molecular complexity index is 1370. The highest BCUT2D eigenvalue weighted by Gasteiger charge is 2.39. The molecule has 1 aliphatic heterocycles. The van der Waals surface area contributed by atoms with Crippen LogP contribution in [0.2, 0.25) is 0 Å². The van der Waals surface area contributed by atoms with E-state index in [0.29, 0.717) is 30.9 Å². The third-order valence-electron chi connectivity index (χ3n) is 6.61. The van der Waals surface area contributed by atoms with Crippen LogP contribution in [0.4, 0.5) is 4.79 Å². The molecule has 0 saturated carbocycles. The Balaban J connectivity index is 1.42. The fourth-order valence-corrected chi connectivity index (χ4v) is 4.75. The molecule has 3 aromatic rings. The number of hydrogen-bond acceptors (Lipinski definition) is 7. The van der Waals surface area contributed by atoms with E-state index in [4.69, 9.17) is 14.2 Å². The van der Waals surface area contributed by atoms with Crippen LogP contribution in [0.25, 0.3) is 10.9 Å². The van der Waals surface area contributed by atoms with E-state index in [1.54, 1.807) is 52.0 Å². The number of ether oxygens (including phenoxy) is 3. The summed E-state index contributed by atoms with van der Waals surface area (Å²) < 4.78 is 16.8. The first-order valence-electron chi connectivity index (χ1n) is 13.6. The number of carbonyl (C=O) groups is 3. The highest BCUT2D eigenvalue weighted by atomic mass is 16.6. The number of para-hydroxylation sites is 1. The predicted octanol–water partition coefficient (Wildman–Crippen LogP) is 5.04. The Labute approximate surface area is 234 Å². The summed E-state index contributed by atoms with van der Waals surface area (Å²) in [6.45, 7) is 10.2. The second-order valence-corrected chi connectivity index (χ2v) is 10.9. The molecular formula is C31H37N3O6. The van der Waals surface area contributed by atoms with Gasteiger partial charge in [0.1, 0.15) is 18.0 Å². The first kappa shape index (κ1) is 28.9. The predicted molar refractivity (Wildman–Crippen MR) is 151 cm³/mol. The maximum atomic E-state index is 13.2. The Kier molecular flexibility index (Phi) is 8.92. The number of aryl methyl sites for hydroxylation is 1. The van der Waals surface area contributed by atoms with Crippen LogP contribution in [-0.2, 0) is 20.9 Å². The minimum absolute atomic E-state index is 0.143. The monoisotopic (exact) mass is 547 g/mol. The largest absolute Gasteiger partial charge is 0.489 e. The van der Waals surface area contributed by atoms with E-state index in [1.165, 1.54) is 4.90 Å². The summed E-state index contributed by atoms with van der Waals surface area (Å²) in [5.41, 5.74) is 2.62. The van der Waals surface area contributed by atoms with Crippen molar-refractivity contribution in [2.75, 3.05) is 19.7 Å². The van der Waals surface area contributed by atoms with Crippen molar-refractivity contribution in [1.82, 2.24) is 15.2 Å². The maximum absolute atomic E-state index is 13.2. The highest BCUT2D eigenvalue weighted by molar-refractivity contribution is 5.95. The van der Waals surface area contributed by atoms with Gasteiger partial charge in [-0.2, -0.15) is 0 Å². The molecule has 1 saturated heterocycles. The minimum atomic E-state index is -0.652. The van der Waals surface area contributed by atoms with Gasteiger partial charge in [-0.15, -0.1) is 0 Å². The summed E-state index contributed by atoms with van der Waals surface area (Å²) in [5, 5.41) is 3.97. The van der Waals surface area contributed by atoms with Crippen LogP contribution in [0, 0.1) is 12.8 Å². The summed E-state index contributed by atoms with van der Waals surface area (Å²) in [5.74, 6) is -0.691. The summed E-state index contributed by atoms with van der Waals surface area (Å²) in [6, 6.07) is 16.1. The lowest BCUT2D eigenvalue weighted by molar-refractivity contribution is -0.150. The van der Waals surface area contributed by atoms with E-state index in [0.717, 1.165) is 22.2 Å². The SMILES string of the molecule is CCOC(=O)[C@H]1CCN(C(=O)OC(C)(C)C)C[C@H]1NC(=O)c1ccc(OCc2cc(C)nc3ccccc23)cc1. The molecule has 2 atom stereocenters. The van der Waals surface area contributed by atoms with E-state index in [2.05, 4.69) is 10.3 Å². The van der Waals surface area contributed by atoms with Gasteiger partial charge in [0.25, 0.3) is 5.91 Å². The highest BCUT2D eigenvalue weighted by Crippen LogP contribution is 2.24. The van der Waals surface area contributed by atoms with Gasteiger partial charge in [-0.1, -0.05) is 18.2 Å². The molecule has 1 fully saturated rings. The molecule has 40 heavy (non-hydrogen) atoms. The molecule has 4 rings (SSSR count). The van der Waals surface area contributed by atoms with Gasteiger partial charge in [0.15, 0.2) is 0 Å². The fraction of sp³-hybridized carbons (Fsp3) is 0.419. The summed E-state index contributed by atoms with van der Waals surface area (Å²) in [4.78, 5) is 44.6. The molecule has 0 radical (unpaired) electrons. The quantitative estimate of drug-likeness (QED) is 0.413. The number of fused-ring (bicyclic) bond motifs is 1. The minimum Gasteiger partial charge on any atom is -0.489 e. The lowest BCUT2D eigenvalue weighted by atomic mass is 9.91. The Morgan fingerprint density at radius 3 is 2.50 bits per heavy atom. The summed E-state index contributed by atoms with van der Waals surface area (Å²) in [7, 11) is 0. The van der Waals surface area contributed by atoms with Crippen molar-refractivity contribution in [2.45, 2.75) is 59.3 Å². The molecule has 9 nitrogen and oxygen atoms in total. The molecule has 9 heteroatoms. The normalized spacial score (nSPS) is 17.3. The van der Waals surface area contributed by atoms with Crippen LogP contribution >= 0.6 is 0 Å². The molecule has 212 valence electrons. The zero-order valence-electron chi connectivity index (χ0n) is 23.7. The molecule has 2 aromatic carbocycles. The van der Waals surface area contributed by atoms with Gasteiger partial charge in [0, 0.05) is 35.3 Å². The lowest BCUT2D eigenvalue weighted by Crippen LogP contribution is -2.56. The van der Waals surface area contributed by atoms with E-state index >= 15 is 0 Å². The van der Waals surface area contributed by atoms with E-state index in [9.17, 15) is 14.4 Å². The lowest BCUT2D eigenvalue weighted by Gasteiger charge is -2.38. The maximum Gasteiger partial charge on any atom is 0.410 e. The number of carbonyl (C=O) groups excluding carboxylic acids is 3. The number of nitrogens with one attached hydrogen (secondary N) is 1. The molecule has 1 aliphatic rings. The second kappa shape index (κ2) is 12.4. The summed E-state index contributed by atoms with van der Waals surface area (Å²) >= 11 is 0. The Morgan fingerprint density at radius 1 is 1.07 bits per heavy atom. The van der Waals surface area contributed by atoms with Gasteiger partial charge >= 0.3 is 12.1 Å². The van der Waals surface area contributed by atoms with Crippen molar-refractivity contribution in [3.63, 3.8) is 0 Å². The average molecular weight is 548 g/mol. The van der Waals surface area contributed by atoms with E-state index in [1.807, 2.05) is 37.3 Å². The van der Waals surface area contributed by atoms with Gasteiger partial charge in [-0.25, -0.2) is 4.79 Å². The first-order valence-corrected chi connectivity index (χ1v) is 13.6. The molecule has 0 bridgehead atoms. The van der Waals surface area contributed by atoms with Crippen molar-refractivity contribution in [3.05, 3.63) is 71.4 Å². The zero-order chi connectivity index (χ0) is 28.9. The number of pyridine rings is 1. The number of benzene rings is 2. The number of hydrogen-bond donors (Lipinski definition) is 1. The molecule has 2 heterocycles.